The van der Waals surface area contributed by atoms with Crippen molar-refractivity contribution in [2.24, 2.45) is 5.10 Å². The number of halogens is 1. The lowest BCUT2D eigenvalue weighted by atomic mass is 10.2. The number of carbonyl (C=O) groups is 1. The summed E-state index contributed by atoms with van der Waals surface area (Å²) < 4.78 is 6.95. The molecule has 0 fully saturated rings. The first-order valence-corrected chi connectivity index (χ1v) is 10.6. The molecule has 8 heteroatoms. The normalized spacial score (nSPS) is 11.1. The molecule has 0 unspecified atom stereocenters. The maximum absolute atomic E-state index is 12.8. The van der Waals surface area contributed by atoms with E-state index in [4.69, 9.17) is 16.0 Å². The van der Waals surface area contributed by atoms with E-state index in [9.17, 15) is 4.79 Å². The van der Waals surface area contributed by atoms with E-state index < -0.39 is 5.91 Å². The summed E-state index contributed by atoms with van der Waals surface area (Å²) >= 11 is 7.65. The van der Waals surface area contributed by atoms with Gasteiger partial charge in [0.15, 0.2) is 5.76 Å². The molecule has 6 nitrogen and oxygen atoms in total. The molecule has 0 aliphatic rings. The fraction of sp³-hybridized carbons (Fsp3) is 0.0455. The Hall–Kier alpha value is -3.29. The quantitative estimate of drug-likeness (QED) is 0.254. The molecular weight excluding hydrogens is 420 g/mol. The zero-order valence-corrected chi connectivity index (χ0v) is 17.5. The fourth-order valence-electron chi connectivity index (χ4n) is 2.78. The van der Waals surface area contributed by atoms with E-state index >= 15 is 0 Å². The Balaban J connectivity index is 1.60. The number of furan rings is 1. The van der Waals surface area contributed by atoms with Crippen LogP contribution in [0.2, 0.25) is 5.02 Å². The summed E-state index contributed by atoms with van der Waals surface area (Å²) in [5.74, 6) is 0.168. The Kier molecular flexibility index (Phi) is 6.02. The van der Waals surface area contributed by atoms with Crippen molar-refractivity contribution in [1.29, 1.82) is 0 Å². The van der Waals surface area contributed by atoms with Crippen LogP contribution >= 0.6 is 23.4 Å². The molecule has 4 rings (SSSR count). The van der Waals surface area contributed by atoms with E-state index in [0.29, 0.717) is 27.9 Å². The van der Waals surface area contributed by atoms with Crippen LogP contribution in [-0.4, -0.2) is 28.2 Å². The Labute approximate surface area is 182 Å². The molecule has 0 saturated carbocycles. The number of amides is 1. The number of aromatic nitrogens is 2. The summed E-state index contributed by atoms with van der Waals surface area (Å²) in [7, 11) is 0. The van der Waals surface area contributed by atoms with Crippen molar-refractivity contribution in [2.75, 3.05) is 6.26 Å². The lowest BCUT2D eigenvalue weighted by Gasteiger charge is -2.06. The van der Waals surface area contributed by atoms with E-state index in [-0.39, 0.29) is 0 Å². The molecule has 2 aromatic carbocycles. The van der Waals surface area contributed by atoms with E-state index in [0.717, 1.165) is 10.5 Å². The average Bonchev–Trinajstić information content (AvgIpc) is 3.45. The number of rotatable bonds is 6. The van der Waals surface area contributed by atoms with Gasteiger partial charge in [-0.1, -0.05) is 23.7 Å². The SMILES string of the molecule is CSc1ccc(C=NNC(=O)c2cc(-c3ccco3)nn2-c2ccc(Cl)cc2)cc1. The minimum atomic E-state index is -0.396. The van der Waals surface area contributed by atoms with Crippen molar-refractivity contribution in [3.63, 3.8) is 0 Å². The van der Waals surface area contributed by atoms with Gasteiger partial charge >= 0.3 is 0 Å². The van der Waals surface area contributed by atoms with Gasteiger partial charge in [0.1, 0.15) is 11.4 Å². The second-order valence-electron chi connectivity index (χ2n) is 6.25. The topological polar surface area (TPSA) is 72.4 Å². The van der Waals surface area contributed by atoms with Crippen molar-refractivity contribution in [1.82, 2.24) is 15.2 Å². The maximum Gasteiger partial charge on any atom is 0.290 e. The zero-order valence-electron chi connectivity index (χ0n) is 15.9. The highest BCUT2D eigenvalue weighted by Gasteiger charge is 2.18. The predicted octanol–water partition coefficient (Wildman–Crippen LogP) is 5.27. The van der Waals surface area contributed by atoms with Gasteiger partial charge in [0.2, 0.25) is 0 Å². The molecule has 1 amide bonds. The minimum absolute atomic E-state index is 0.318. The van der Waals surface area contributed by atoms with Gasteiger partial charge in [-0.2, -0.15) is 10.2 Å². The maximum atomic E-state index is 12.8. The summed E-state index contributed by atoms with van der Waals surface area (Å²) in [5.41, 5.74) is 5.00. The van der Waals surface area contributed by atoms with Crippen molar-refractivity contribution < 1.29 is 9.21 Å². The molecule has 0 aliphatic heterocycles. The first kappa shape index (κ1) is 20.0. The molecule has 30 heavy (non-hydrogen) atoms. The molecule has 0 atom stereocenters. The van der Waals surface area contributed by atoms with Crippen LogP contribution in [-0.2, 0) is 0 Å². The third-order valence-corrected chi connectivity index (χ3v) is 5.28. The molecule has 0 spiro atoms. The van der Waals surface area contributed by atoms with Gasteiger partial charge in [-0.15, -0.1) is 11.8 Å². The molecule has 2 heterocycles. The highest BCUT2D eigenvalue weighted by molar-refractivity contribution is 7.98. The predicted molar refractivity (Wildman–Crippen MR) is 120 cm³/mol. The number of hydrogen-bond donors (Lipinski definition) is 1. The van der Waals surface area contributed by atoms with Crippen molar-refractivity contribution in [3.05, 3.63) is 89.3 Å². The average molecular weight is 437 g/mol. The monoisotopic (exact) mass is 436 g/mol. The first-order chi connectivity index (χ1) is 14.6. The minimum Gasteiger partial charge on any atom is -0.463 e. The second-order valence-corrected chi connectivity index (χ2v) is 7.57. The lowest BCUT2D eigenvalue weighted by Crippen LogP contribution is -2.21. The lowest BCUT2D eigenvalue weighted by molar-refractivity contribution is 0.0947. The molecular formula is C22H17ClN4O2S. The number of hydrazone groups is 1. The number of hydrogen-bond acceptors (Lipinski definition) is 5. The van der Waals surface area contributed by atoms with E-state index in [1.165, 1.54) is 4.68 Å². The largest absolute Gasteiger partial charge is 0.463 e. The van der Waals surface area contributed by atoms with Gasteiger partial charge in [-0.25, -0.2) is 10.1 Å². The zero-order chi connectivity index (χ0) is 20.9. The Morgan fingerprint density at radius 1 is 1.17 bits per heavy atom. The number of carbonyl (C=O) groups excluding carboxylic acids is 1. The van der Waals surface area contributed by atoms with E-state index in [2.05, 4.69) is 15.6 Å². The summed E-state index contributed by atoms with van der Waals surface area (Å²) in [6, 6.07) is 20.1. The molecule has 0 aliphatic carbocycles. The van der Waals surface area contributed by atoms with Crippen LogP contribution in [0.15, 0.2) is 87.4 Å². The van der Waals surface area contributed by atoms with E-state index in [1.807, 2.05) is 30.5 Å². The number of thioether (sulfide) groups is 1. The van der Waals surface area contributed by atoms with Gasteiger partial charge in [0, 0.05) is 16.0 Å². The smallest absolute Gasteiger partial charge is 0.290 e. The van der Waals surface area contributed by atoms with Gasteiger partial charge in [-0.3, -0.25) is 4.79 Å². The molecule has 1 N–H and O–H groups in total. The third-order valence-electron chi connectivity index (χ3n) is 4.28. The van der Waals surface area contributed by atoms with Crippen LogP contribution in [0.3, 0.4) is 0 Å². The molecule has 0 saturated heterocycles. The molecule has 0 bridgehead atoms. The third kappa shape index (κ3) is 4.48. The van der Waals surface area contributed by atoms with Crippen LogP contribution in [0.1, 0.15) is 16.1 Å². The van der Waals surface area contributed by atoms with Gasteiger partial charge < -0.3 is 4.42 Å². The number of nitrogens with zero attached hydrogens (tertiary/aromatic N) is 3. The summed E-state index contributed by atoms with van der Waals surface area (Å²) in [6.07, 6.45) is 5.17. The highest BCUT2D eigenvalue weighted by Crippen LogP contribution is 2.23. The summed E-state index contributed by atoms with van der Waals surface area (Å²) in [4.78, 5) is 14.0. The molecule has 0 radical (unpaired) electrons. The van der Waals surface area contributed by atoms with Crippen molar-refractivity contribution in [2.45, 2.75) is 4.90 Å². The van der Waals surface area contributed by atoms with Crippen LogP contribution in [0.4, 0.5) is 0 Å². The van der Waals surface area contributed by atoms with Gasteiger partial charge in [-0.05, 0) is 60.4 Å². The summed E-state index contributed by atoms with van der Waals surface area (Å²) in [6.45, 7) is 0. The van der Waals surface area contributed by atoms with Crippen LogP contribution in [0.25, 0.3) is 17.1 Å². The van der Waals surface area contributed by atoms with Crippen molar-refractivity contribution >= 4 is 35.5 Å². The van der Waals surface area contributed by atoms with Crippen LogP contribution in [0, 0.1) is 0 Å². The van der Waals surface area contributed by atoms with Crippen molar-refractivity contribution in [3.8, 4) is 17.1 Å². The van der Waals surface area contributed by atoms with Crippen LogP contribution in [0.5, 0.6) is 0 Å². The standard InChI is InChI=1S/C22H17ClN4O2S/c1-30-18-10-4-15(5-11-18)14-24-25-22(28)20-13-19(21-3-2-12-29-21)26-27(20)17-8-6-16(23)7-9-17/h2-14H,1H3,(H,25,28). The molecule has 2 aromatic heterocycles. The van der Waals surface area contributed by atoms with Gasteiger partial charge in [0.05, 0.1) is 18.2 Å². The Morgan fingerprint density at radius 2 is 1.93 bits per heavy atom. The highest BCUT2D eigenvalue weighted by atomic mass is 35.5. The van der Waals surface area contributed by atoms with Gasteiger partial charge in [0.25, 0.3) is 5.91 Å². The Bertz CT molecular complexity index is 1170. The van der Waals surface area contributed by atoms with E-state index in [1.54, 1.807) is 66.7 Å². The van der Waals surface area contributed by atoms with Crippen LogP contribution < -0.4 is 5.43 Å². The first-order valence-electron chi connectivity index (χ1n) is 9.01. The summed E-state index contributed by atoms with van der Waals surface area (Å²) in [5, 5.41) is 9.20. The molecule has 4 aromatic rings. The molecule has 150 valence electrons. The Morgan fingerprint density at radius 3 is 2.60 bits per heavy atom. The number of nitrogens with one attached hydrogen (secondary N) is 1. The fourth-order valence-corrected chi connectivity index (χ4v) is 3.31. The number of benzene rings is 2. The second kappa shape index (κ2) is 9.02.